The third-order valence-corrected chi connectivity index (χ3v) is 2.43. The lowest BCUT2D eigenvalue weighted by Gasteiger charge is -2.18. The van der Waals surface area contributed by atoms with Gasteiger partial charge in [-0.15, -0.1) is 5.10 Å². The van der Waals surface area contributed by atoms with Crippen LogP contribution in [0.5, 0.6) is 0 Å². The average Bonchev–Trinajstić information content (AvgIpc) is 2.85. The lowest BCUT2D eigenvalue weighted by atomic mass is 10.2. The summed E-state index contributed by atoms with van der Waals surface area (Å²) in [4.78, 5) is 11.9. The number of H-pyrrole nitrogens is 1. The molecule has 0 saturated heterocycles. The molecule has 0 spiro atoms. The fraction of sp³-hybridized carbons (Fsp3) is 0.400. The Labute approximate surface area is 102 Å². The highest BCUT2D eigenvalue weighted by molar-refractivity contribution is 7.03. The van der Waals surface area contributed by atoms with Gasteiger partial charge in [-0.1, -0.05) is 0 Å². The van der Waals surface area contributed by atoms with Gasteiger partial charge in [0.15, 0.2) is 5.69 Å². The van der Waals surface area contributed by atoms with E-state index >= 15 is 0 Å². The molecule has 0 amide bonds. The van der Waals surface area contributed by atoms with Crippen molar-refractivity contribution in [3.05, 3.63) is 17.3 Å². The van der Waals surface area contributed by atoms with E-state index in [4.69, 9.17) is 4.74 Å². The minimum Gasteiger partial charge on any atom is -0.455 e. The number of carbonyl (C=O) groups excluding carboxylic acids is 1. The molecule has 0 saturated carbocycles. The quantitative estimate of drug-likeness (QED) is 0.825. The van der Waals surface area contributed by atoms with Crippen LogP contribution in [0.3, 0.4) is 0 Å². The van der Waals surface area contributed by atoms with Gasteiger partial charge in [0.25, 0.3) is 0 Å². The fourth-order valence-corrected chi connectivity index (χ4v) is 1.74. The van der Waals surface area contributed by atoms with Gasteiger partial charge in [-0.2, -0.15) is 10.3 Å². The van der Waals surface area contributed by atoms with E-state index in [1.165, 1.54) is 11.5 Å². The Morgan fingerprint density at radius 2 is 2.18 bits per heavy atom. The molecule has 2 rings (SSSR count). The number of carbonyl (C=O) groups is 1. The molecule has 0 radical (unpaired) electrons. The summed E-state index contributed by atoms with van der Waals surface area (Å²) in [5.41, 5.74) is 0.845. The molecule has 17 heavy (non-hydrogen) atoms. The summed E-state index contributed by atoms with van der Waals surface area (Å²) in [5, 5.41) is 12.0. The summed E-state index contributed by atoms with van der Waals surface area (Å²) in [5.74, 6) is -0.493. The largest absolute Gasteiger partial charge is 0.455 e. The predicted molar refractivity (Wildman–Crippen MR) is 62.7 cm³/mol. The molecule has 2 aromatic rings. The number of aromatic amines is 1. The maximum atomic E-state index is 11.9. The van der Waals surface area contributed by atoms with Crippen molar-refractivity contribution in [3.63, 3.8) is 0 Å². The topological polar surface area (TPSA) is 80.8 Å². The molecule has 0 aliphatic rings. The van der Waals surface area contributed by atoms with Gasteiger partial charge >= 0.3 is 5.97 Å². The van der Waals surface area contributed by atoms with Crippen molar-refractivity contribution >= 4 is 17.5 Å². The standard InChI is InChI=1S/C10H12N4O2S/c1-10(2,3)16-9(15)8-7(12-14-13-8)6-4-11-17-5-6/h4-5H,1-3H3,(H,12,13,14). The first-order chi connectivity index (χ1) is 7.97. The second kappa shape index (κ2) is 4.25. The summed E-state index contributed by atoms with van der Waals surface area (Å²) < 4.78 is 9.20. The minimum atomic E-state index is -0.555. The minimum absolute atomic E-state index is 0.181. The molecule has 6 nitrogen and oxygen atoms in total. The molecule has 0 bridgehead atoms. The molecule has 0 unspecified atom stereocenters. The Kier molecular flexibility index (Phi) is 2.93. The van der Waals surface area contributed by atoms with E-state index in [-0.39, 0.29) is 5.69 Å². The Bertz CT molecular complexity index is 513. The highest BCUT2D eigenvalue weighted by Gasteiger charge is 2.24. The van der Waals surface area contributed by atoms with Gasteiger partial charge in [-0.3, -0.25) is 0 Å². The first-order valence-corrected chi connectivity index (χ1v) is 5.85. The van der Waals surface area contributed by atoms with Crippen LogP contribution in [-0.4, -0.2) is 31.4 Å². The Morgan fingerprint density at radius 3 is 2.76 bits per heavy atom. The van der Waals surface area contributed by atoms with Crippen LogP contribution >= 0.6 is 11.5 Å². The average molecular weight is 252 g/mol. The molecular weight excluding hydrogens is 240 g/mol. The molecule has 90 valence electrons. The van der Waals surface area contributed by atoms with Crippen LogP contribution in [0.4, 0.5) is 0 Å². The predicted octanol–water partition coefficient (Wildman–Crippen LogP) is 1.88. The van der Waals surface area contributed by atoms with Crippen LogP contribution in [0.2, 0.25) is 0 Å². The first kappa shape index (κ1) is 11.7. The lowest BCUT2D eigenvalue weighted by molar-refractivity contribution is 0.00637. The summed E-state index contributed by atoms with van der Waals surface area (Å²) in [7, 11) is 0. The first-order valence-electron chi connectivity index (χ1n) is 5.01. The third kappa shape index (κ3) is 2.68. The number of hydrogen-bond acceptors (Lipinski definition) is 6. The van der Waals surface area contributed by atoms with Crippen LogP contribution in [0.15, 0.2) is 11.6 Å². The summed E-state index contributed by atoms with van der Waals surface area (Å²) in [6.07, 6.45) is 1.64. The highest BCUT2D eigenvalue weighted by Crippen LogP contribution is 2.22. The van der Waals surface area contributed by atoms with Crippen LogP contribution < -0.4 is 0 Å². The highest BCUT2D eigenvalue weighted by atomic mass is 32.1. The molecule has 1 N–H and O–H groups in total. The maximum absolute atomic E-state index is 11.9. The second-order valence-corrected chi connectivity index (χ2v) is 5.09. The number of ether oxygens (including phenoxy) is 1. The van der Waals surface area contributed by atoms with Gasteiger partial charge in [0.2, 0.25) is 0 Å². The molecule has 0 atom stereocenters. The molecular formula is C10H12N4O2S. The SMILES string of the molecule is CC(C)(C)OC(=O)c1n[nH]nc1-c1cnsc1. The van der Waals surface area contributed by atoms with Gasteiger partial charge in [0.05, 0.1) is 6.20 Å². The van der Waals surface area contributed by atoms with Crippen LogP contribution in [0, 0.1) is 0 Å². The Balaban J connectivity index is 2.29. The number of nitrogens with zero attached hydrogens (tertiary/aromatic N) is 3. The zero-order valence-electron chi connectivity index (χ0n) is 9.72. The Hall–Kier alpha value is -1.76. The van der Waals surface area contributed by atoms with Crippen molar-refractivity contribution in [2.24, 2.45) is 0 Å². The van der Waals surface area contributed by atoms with E-state index < -0.39 is 11.6 Å². The van der Waals surface area contributed by atoms with Crippen molar-refractivity contribution in [1.82, 2.24) is 19.8 Å². The van der Waals surface area contributed by atoms with Gasteiger partial charge in [0.1, 0.15) is 11.3 Å². The van der Waals surface area contributed by atoms with E-state index in [1.807, 2.05) is 0 Å². The van der Waals surface area contributed by atoms with E-state index in [1.54, 1.807) is 32.3 Å². The monoisotopic (exact) mass is 252 g/mol. The lowest BCUT2D eigenvalue weighted by Crippen LogP contribution is -2.24. The van der Waals surface area contributed by atoms with E-state index in [0.717, 1.165) is 5.56 Å². The molecule has 2 aromatic heterocycles. The third-order valence-electron chi connectivity index (χ3n) is 1.85. The van der Waals surface area contributed by atoms with Gasteiger partial charge in [-0.25, -0.2) is 9.17 Å². The molecule has 0 aliphatic carbocycles. The smallest absolute Gasteiger partial charge is 0.361 e. The maximum Gasteiger partial charge on any atom is 0.361 e. The van der Waals surface area contributed by atoms with Crippen molar-refractivity contribution in [2.45, 2.75) is 26.4 Å². The fourth-order valence-electron chi connectivity index (χ4n) is 1.22. The molecule has 2 heterocycles. The number of rotatable bonds is 2. The molecule has 0 fully saturated rings. The number of nitrogens with one attached hydrogen (secondary N) is 1. The summed E-state index contributed by atoms with van der Waals surface area (Å²) in [6, 6.07) is 0. The number of esters is 1. The van der Waals surface area contributed by atoms with Crippen LogP contribution in [0.25, 0.3) is 11.3 Å². The summed E-state index contributed by atoms with van der Waals surface area (Å²) in [6.45, 7) is 5.41. The van der Waals surface area contributed by atoms with Crippen molar-refractivity contribution < 1.29 is 9.53 Å². The second-order valence-electron chi connectivity index (χ2n) is 4.44. The molecule has 7 heteroatoms. The number of hydrogen-bond donors (Lipinski definition) is 1. The van der Waals surface area contributed by atoms with Gasteiger partial charge < -0.3 is 4.74 Å². The van der Waals surface area contributed by atoms with Gasteiger partial charge in [-0.05, 0) is 32.3 Å². The Morgan fingerprint density at radius 1 is 1.41 bits per heavy atom. The van der Waals surface area contributed by atoms with Gasteiger partial charge in [0, 0.05) is 10.9 Å². The van der Waals surface area contributed by atoms with E-state index in [2.05, 4.69) is 19.8 Å². The van der Waals surface area contributed by atoms with Crippen LogP contribution in [-0.2, 0) is 4.74 Å². The summed E-state index contributed by atoms with van der Waals surface area (Å²) >= 11 is 1.29. The number of aromatic nitrogens is 4. The normalized spacial score (nSPS) is 11.5. The van der Waals surface area contributed by atoms with Crippen LogP contribution in [0.1, 0.15) is 31.3 Å². The zero-order valence-corrected chi connectivity index (χ0v) is 10.5. The van der Waals surface area contributed by atoms with E-state index in [9.17, 15) is 4.79 Å². The van der Waals surface area contributed by atoms with E-state index in [0.29, 0.717) is 5.69 Å². The van der Waals surface area contributed by atoms with Crippen molar-refractivity contribution in [1.29, 1.82) is 0 Å². The zero-order chi connectivity index (χ0) is 12.5. The van der Waals surface area contributed by atoms with Crippen molar-refractivity contribution in [3.8, 4) is 11.3 Å². The van der Waals surface area contributed by atoms with Crippen molar-refractivity contribution in [2.75, 3.05) is 0 Å². The molecule has 0 aliphatic heterocycles. The molecule has 0 aromatic carbocycles.